The zero-order valence-electron chi connectivity index (χ0n) is 23.3. The molecular weight excluding hydrogens is 524 g/mol. The van der Waals surface area contributed by atoms with Crippen LogP contribution >= 0.6 is 0 Å². The van der Waals surface area contributed by atoms with Gasteiger partial charge in [-0.3, -0.25) is 9.36 Å². The van der Waals surface area contributed by atoms with Crippen LogP contribution in [0.15, 0.2) is 43.0 Å². The third-order valence-electron chi connectivity index (χ3n) is 7.84. The molecule has 3 amide bonds. The van der Waals surface area contributed by atoms with Crippen LogP contribution in [-0.4, -0.2) is 81.3 Å². The van der Waals surface area contributed by atoms with Crippen molar-refractivity contribution in [3.63, 3.8) is 0 Å². The topological polar surface area (TPSA) is 127 Å². The fraction of sp³-hybridized carbons (Fsp3) is 0.483. The van der Waals surface area contributed by atoms with E-state index in [1.165, 1.54) is 6.42 Å². The number of piperazine rings is 1. The number of amides is 3. The lowest BCUT2D eigenvalue weighted by Crippen LogP contribution is -2.63. The minimum absolute atomic E-state index is 0.151. The van der Waals surface area contributed by atoms with E-state index in [0.717, 1.165) is 36.9 Å². The molecule has 1 saturated carbocycles. The van der Waals surface area contributed by atoms with E-state index in [1.807, 2.05) is 36.1 Å². The number of nitrogens with one attached hydrogen (secondary N) is 2. The lowest BCUT2D eigenvalue weighted by Gasteiger charge is -2.41. The highest BCUT2D eigenvalue weighted by molar-refractivity contribution is 5.88. The average molecular weight is 561 g/mol. The molecule has 1 unspecified atom stereocenters. The molecule has 3 aliphatic rings. The number of fused-ring (bicyclic) bond motifs is 1. The van der Waals surface area contributed by atoms with Crippen LogP contribution in [0.1, 0.15) is 43.4 Å². The van der Waals surface area contributed by atoms with Gasteiger partial charge in [0.05, 0.1) is 0 Å². The molecule has 0 spiro atoms. The summed E-state index contributed by atoms with van der Waals surface area (Å²) in [6, 6.07) is 6.83. The summed E-state index contributed by atoms with van der Waals surface area (Å²) in [5, 5.41) is 6.25. The SMILES string of the molecule is Cc1cc(N2CCN(C(=O)NC3CCCCC3)C(C(=O)NCc3ccc4c(c3)OCCO4)C2)nc(-n2ccnc2)n1. The molecule has 4 heterocycles. The Bertz CT molecular complexity index is 1380. The maximum atomic E-state index is 13.7. The maximum absolute atomic E-state index is 13.7. The Kier molecular flexibility index (Phi) is 7.88. The molecule has 0 radical (unpaired) electrons. The van der Waals surface area contributed by atoms with Gasteiger partial charge in [-0.1, -0.05) is 25.3 Å². The molecule has 1 atom stereocenters. The molecule has 216 valence electrons. The lowest BCUT2D eigenvalue weighted by atomic mass is 9.95. The van der Waals surface area contributed by atoms with E-state index in [-0.39, 0.29) is 18.0 Å². The van der Waals surface area contributed by atoms with Crippen molar-refractivity contribution in [3.05, 3.63) is 54.2 Å². The van der Waals surface area contributed by atoms with E-state index in [4.69, 9.17) is 14.5 Å². The Morgan fingerprint density at radius 1 is 1.02 bits per heavy atom. The first kappa shape index (κ1) is 26.9. The monoisotopic (exact) mass is 560 g/mol. The summed E-state index contributed by atoms with van der Waals surface area (Å²) in [6.45, 7) is 4.49. The Hall–Kier alpha value is -4.35. The van der Waals surface area contributed by atoms with Gasteiger partial charge >= 0.3 is 6.03 Å². The molecule has 2 aromatic heterocycles. The Morgan fingerprint density at radius 3 is 2.66 bits per heavy atom. The van der Waals surface area contributed by atoms with Gasteiger partial charge in [-0.05, 0) is 37.5 Å². The number of nitrogens with zero attached hydrogens (tertiary/aromatic N) is 6. The minimum atomic E-state index is -0.698. The number of urea groups is 1. The summed E-state index contributed by atoms with van der Waals surface area (Å²) in [6.07, 6.45) is 10.5. The summed E-state index contributed by atoms with van der Waals surface area (Å²) >= 11 is 0. The number of hydrogen-bond donors (Lipinski definition) is 2. The lowest BCUT2D eigenvalue weighted by molar-refractivity contribution is -0.125. The number of anilines is 1. The van der Waals surface area contributed by atoms with Gasteiger partial charge in [-0.15, -0.1) is 0 Å². The highest BCUT2D eigenvalue weighted by Gasteiger charge is 2.37. The van der Waals surface area contributed by atoms with E-state index >= 15 is 0 Å². The first-order valence-corrected chi connectivity index (χ1v) is 14.4. The van der Waals surface area contributed by atoms with Crippen molar-refractivity contribution >= 4 is 17.8 Å². The van der Waals surface area contributed by atoms with E-state index in [2.05, 4.69) is 20.6 Å². The van der Waals surface area contributed by atoms with Gasteiger partial charge in [-0.25, -0.2) is 14.8 Å². The molecule has 3 aromatic rings. The molecule has 41 heavy (non-hydrogen) atoms. The van der Waals surface area contributed by atoms with Crippen molar-refractivity contribution in [2.45, 2.75) is 57.7 Å². The van der Waals surface area contributed by atoms with Crippen LogP contribution < -0.4 is 25.0 Å². The molecule has 1 saturated heterocycles. The van der Waals surface area contributed by atoms with Gasteiger partial charge in [0.1, 0.15) is 31.4 Å². The molecule has 1 aromatic carbocycles. The zero-order valence-corrected chi connectivity index (χ0v) is 23.3. The average Bonchev–Trinajstić information content (AvgIpc) is 3.55. The number of imidazole rings is 1. The van der Waals surface area contributed by atoms with Crippen LogP contribution in [0.2, 0.25) is 0 Å². The molecule has 12 nitrogen and oxygen atoms in total. The number of hydrogen-bond acceptors (Lipinski definition) is 8. The Morgan fingerprint density at radius 2 is 1.85 bits per heavy atom. The standard InChI is InChI=1S/C29H36N8O4/c1-20-15-26(34-28(32-20)36-10-9-30-19-36)35-11-12-37(29(39)33-22-5-3-2-4-6-22)23(18-35)27(38)31-17-21-7-8-24-25(16-21)41-14-13-40-24/h7-10,15-16,19,22-23H,2-6,11-14,17-18H2,1H3,(H,31,38)(H,33,39). The van der Waals surface area contributed by atoms with Gasteiger partial charge in [0.25, 0.3) is 0 Å². The summed E-state index contributed by atoms with van der Waals surface area (Å²) in [7, 11) is 0. The van der Waals surface area contributed by atoms with Crippen molar-refractivity contribution in [2.75, 3.05) is 37.7 Å². The number of rotatable bonds is 6. The quantitative estimate of drug-likeness (QED) is 0.471. The van der Waals surface area contributed by atoms with Crippen LogP contribution in [0.5, 0.6) is 11.5 Å². The number of aromatic nitrogens is 4. The van der Waals surface area contributed by atoms with E-state index in [9.17, 15) is 9.59 Å². The zero-order chi connectivity index (χ0) is 28.2. The second kappa shape index (κ2) is 12.0. The molecule has 12 heteroatoms. The number of carbonyl (C=O) groups excluding carboxylic acids is 2. The summed E-state index contributed by atoms with van der Waals surface area (Å²) in [4.78, 5) is 44.3. The van der Waals surface area contributed by atoms with Crippen LogP contribution in [0, 0.1) is 6.92 Å². The minimum Gasteiger partial charge on any atom is -0.486 e. The summed E-state index contributed by atoms with van der Waals surface area (Å²) in [5.41, 5.74) is 1.70. The molecule has 1 aliphatic carbocycles. The maximum Gasteiger partial charge on any atom is 0.318 e. The van der Waals surface area contributed by atoms with Crippen LogP contribution in [0.3, 0.4) is 0 Å². The second-order valence-electron chi connectivity index (χ2n) is 10.8. The largest absolute Gasteiger partial charge is 0.486 e. The Balaban J connectivity index is 1.20. The third kappa shape index (κ3) is 6.21. The first-order chi connectivity index (χ1) is 20.0. The predicted molar refractivity (Wildman–Crippen MR) is 151 cm³/mol. The number of benzene rings is 1. The van der Waals surface area contributed by atoms with Gasteiger partial charge < -0.3 is 29.9 Å². The van der Waals surface area contributed by atoms with Gasteiger partial charge in [0.2, 0.25) is 11.9 Å². The molecule has 6 rings (SSSR count). The number of ether oxygens (including phenoxy) is 2. The number of aryl methyl sites for hydroxylation is 1. The van der Waals surface area contributed by atoms with E-state index < -0.39 is 6.04 Å². The highest BCUT2D eigenvalue weighted by atomic mass is 16.6. The molecule has 2 fully saturated rings. The molecular formula is C29H36N8O4. The van der Waals surface area contributed by atoms with Crippen molar-refractivity contribution in [1.82, 2.24) is 35.1 Å². The van der Waals surface area contributed by atoms with Crippen molar-refractivity contribution in [2.24, 2.45) is 0 Å². The van der Waals surface area contributed by atoms with Gasteiger partial charge in [0, 0.05) is 56.4 Å². The first-order valence-electron chi connectivity index (χ1n) is 14.4. The van der Waals surface area contributed by atoms with Crippen LogP contribution in [-0.2, 0) is 11.3 Å². The second-order valence-corrected chi connectivity index (χ2v) is 10.8. The third-order valence-corrected chi connectivity index (χ3v) is 7.84. The van der Waals surface area contributed by atoms with E-state index in [0.29, 0.717) is 62.7 Å². The molecule has 2 N–H and O–H groups in total. The fourth-order valence-corrected chi connectivity index (χ4v) is 5.66. The van der Waals surface area contributed by atoms with Gasteiger partial charge in [-0.2, -0.15) is 4.98 Å². The van der Waals surface area contributed by atoms with Crippen molar-refractivity contribution < 1.29 is 19.1 Å². The smallest absolute Gasteiger partial charge is 0.318 e. The highest BCUT2D eigenvalue weighted by Crippen LogP contribution is 2.30. The summed E-state index contributed by atoms with van der Waals surface area (Å²) in [5.74, 6) is 2.37. The molecule has 0 bridgehead atoms. The van der Waals surface area contributed by atoms with Gasteiger partial charge in [0.15, 0.2) is 11.5 Å². The fourth-order valence-electron chi connectivity index (χ4n) is 5.66. The number of carbonyl (C=O) groups is 2. The normalized spacial score (nSPS) is 19.1. The van der Waals surface area contributed by atoms with Crippen molar-refractivity contribution in [1.29, 1.82) is 0 Å². The van der Waals surface area contributed by atoms with E-state index in [1.54, 1.807) is 28.2 Å². The van der Waals surface area contributed by atoms with Crippen LogP contribution in [0.4, 0.5) is 10.6 Å². The molecule has 2 aliphatic heterocycles. The predicted octanol–water partition coefficient (Wildman–Crippen LogP) is 2.59. The van der Waals surface area contributed by atoms with Crippen molar-refractivity contribution in [3.8, 4) is 17.4 Å². The summed E-state index contributed by atoms with van der Waals surface area (Å²) < 4.78 is 13.1. The Labute approximate surface area is 239 Å². The van der Waals surface area contributed by atoms with Crippen LogP contribution in [0.25, 0.3) is 5.95 Å².